The van der Waals surface area contributed by atoms with E-state index in [0.717, 1.165) is 17.1 Å². The Balaban J connectivity index is 1.82. The van der Waals surface area contributed by atoms with Crippen molar-refractivity contribution in [3.63, 3.8) is 0 Å². The molecule has 3 N–H and O–H groups in total. The lowest BCUT2D eigenvalue weighted by atomic mass is 10.2. The number of nitrogens with zero attached hydrogens (tertiary/aromatic N) is 1. The highest BCUT2D eigenvalue weighted by atomic mass is 16.5. The van der Waals surface area contributed by atoms with Crippen LogP contribution < -0.4 is 15.8 Å². The predicted octanol–water partition coefficient (Wildman–Crippen LogP) is 2.69. The zero-order valence-electron chi connectivity index (χ0n) is 12.2. The van der Waals surface area contributed by atoms with Crippen LogP contribution in [0.2, 0.25) is 0 Å². The number of nitrogens with one attached hydrogen (secondary N) is 1. The van der Waals surface area contributed by atoms with Crippen LogP contribution in [-0.4, -0.2) is 17.5 Å². The van der Waals surface area contributed by atoms with Crippen molar-refractivity contribution in [3.05, 3.63) is 47.8 Å². The number of aryl methyl sites for hydroxylation is 2. The number of hydrogen-bond acceptors (Lipinski definition) is 4. The van der Waals surface area contributed by atoms with Gasteiger partial charge in [-0.15, -0.1) is 0 Å². The Morgan fingerprint density at radius 3 is 2.81 bits per heavy atom. The molecule has 0 saturated heterocycles. The van der Waals surface area contributed by atoms with Crippen LogP contribution in [-0.2, 0) is 4.79 Å². The number of carbonyl (C=O) groups excluding carboxylic acids is 1. The molecule has 0 spiro atoms. The fraction of sp³-hybridized carbons (Fsp3) is 0.250. The normalized spacial score (nSPS) is 10.2. The van der Waals surface area contributed by atoms with Crippen molar-refractivity contribution in [1.82, 2.24) is 4.98 Å². The van der Waals surface area contributed by atoms with Crippen LogP contribution >= 0.6 is 0 Å². The Bertz CT molecular complexity index is 641. The first kappa shape index (κ1) is 14.8. The second kappa shape index (κ2) is 6.74. The number of hydrogen-bond donors (Lipinski definition) is 2. The topological polar surface area (TPSA) is 77.2 Å². The molecule has 0 fully saturated rings. The second-order valence-electron chi connectivity index (χ2n) is 4.80. The van der Waals surface area contributed by atoms with Gasteiger partial charge in [0.05, 0.1) is 24.4 Å². The summed E-state index contributed by atoms with van der Waals surface area (Å²) in [6.07, 6.45) is 0.266. The molecule has 21 heavy (non-hydrogen) atoms. The molecule has 0 bridgehead atoms. The van der Waals surface area contributed by atoms with Crippen molar-refractivity contribution in [3.8, 4) is 5.75 Å². The van der Waals surface area contributed by atoms with E-state index in [2.05, 4.69) is 10.3 Å². The number of benzene rings is 1. The minimum Gasteiger partial charge on any atom is -0.493 e. The van der Waals surface area contributed by atoms with Gasteiger partial charge in [-0.3, -0.25) is 9.78 Å². The summed E-state index contributed by atoms with van der Waals surface area (Å²) < 4.78 is 5.49. The molecular weight excluding hydrogens is 266 g/mol. The van der Waals surface area contributed by atoms with Crippen molar-refractivity contribution >= 4 is 17.3 Å². The molecule has 1 aromatic heterocycles. The lowest BCUT2D eigenvalue weighted by Gasteiger charge is -2.09. The van der Waals surface area contributed by atoms with Crippen molar-refractivity contribution in [1.29, 1.82) is 0 Å². The maximum atomic E-state index is 11.9. The first-order valence-corrected chi connectivity index (χ1v) is 6.77. The van der Waals surface area contributed by atoms with E-state index >= 15 is 0 Å². The monoisotopic (exact) mass is 285 g/mol. The average molecular weight is 285 g/mol. The van der Waals surface area contributed by atoms with Crippen molar-refractivity contribution in [2.75, 3.05) is 17.7 Å². The van der Waals surface area contributed by atoms with E-state index in [1.54, 1.807) is 12.1 Å². The number of anilines is 2. The van der Waals surface area contributed by atoms with Gasteiger partial charge in [0.2, 0.25) is 5.91 Å². The standard InChI is InChI=1S/C16H19N3O2/c1-11-6-7-15(12(2)18-11)19-16(20)8-9-21-14-5-3-4-13(17)10-14/h3-7,10H,8-9,17H2,1-2H3,(H,19,20). The van der Waals surface area contributed by atoms with E-state index in [4.69, 9.17) is 10.5 Å². The molecule has 1 amide bonds. The second-order valence-corrected chi connectivity index (χ2v) is 4.80. The Hall–Kier alpha value is -2.56. The highest BCUT2D eigenvalue weighted by Gasteiger charge is 2.06. The van der Waals surface area contributed by atoms with Gasteiger partial charge in [-0.25, -0.2) is 0 Å². The molecule has 0 aliphatic rings. The Kier molecular flexibility index (Phi) is 4.77. The molecule has 1 aromatic carbocycles. The van der Waals surface area contributed by atoms with Gasteiger partial charge in [0.25, 0.3) is 0 Å². The molecule has 0 unspecified atom stereocenters. The summed E-state index contributed by atoms with van der Waals surface area (Å²) in [7, 11) is 0. The van der Waals surface area contributed by atoms with Crippen LogP contribution in [0.3, 0.4) is 0 Å². The molecule has 5 heteroatoms. The average Bonchev–Trinajstić information content (AvgIpc) is 2.42. The molecular formula is C16H19N3O2. The largest absolute Gasteiger partial charge is 0.493 e. The molecule has 5 nitrogen and oxygen atoms in total. The van der Waals surface area contributed by atoms with Gasteiger partial charge in [-0.2, -0.15) is 0 Å². The number of aromatic nitrogens is 1. The fourth-order valence-corrected chi connectivity index (χ4v) is 1.90. The highest BCUT2D eigenvalue weighted by Crippen LogP contribution is 2.15. The van der Waals surface area contributed by atoms with Crippen LogP contribution in [0.1, 0.15) is 17.8 Å². The number of nitrogen functional groups attached to an aromatic ring is 1. The summed E-state index contributed by atoms with van der Waals surface area (Å²) in [4.78, 5) is 16.2. The molecule has 0 aliphatic heterocycles. The molecule has 0 aliphatic carbocycles. The van der Waals surface area contributed by atoms with E-state index in [1.807, 2.05) is 38.1 Å². The van der Waals surface area contributed by atoms with E-state index in [1.165, 1.54) is 0 Å². The molecule has 0 atom stereocenters. The van der Waals surface area contributed by atoms with Gasteiger partial charge in [0.15, 0.2) is 0 Å². The van der Waals surface area contributed by atoms with E-state index in [0.29, 0.717) is 18.0 Å². The molecule has 1 heterocycles. The van der Waals surface area contributed by atoms with Crippen LogP contribution in [0.4, 0.5) is 11.4 Å². The third-order valence-electron chi connectivity index (χ3n) is 2.96. The van der Waals surface area contributed by atoms with Gasteiger partial charge in [-0.05, 0) is 38.1 Å². The summed E-state index contributed by atoms with van der Waals surface area (Å²) >= 11 is 0. The van der Waals surface area contributed by atoms with Crippen molar-refractivity contribution in [2.45, 2.75) is 20.3 Å². The number of amides is 1. The van der Waals surface area contributed by atoms with E-state index in [-0.39, 0.29) is 12.3 Å². The minimum atomic E-state index is -0.104. The molecule has 0 radical (unpaired) electrons. The quantitative estimate of drug-likeness (QED) is 0.828. The third kappa shape index (κ3) is 4.49. The SMILES string of the molecule is Cc1ccc(NC(=O)CCOc2cccc(N)c2)c(C)n1. The lowest BCUT2D eigenvalue weighted by Crippen LogP contribution is -2.16. The van der Waals surface area contributed by atoms with Gasteiger partial charge in [0, 0.05) is 17.4 Å². The summed E-state index contributed by atoms with van der Waals surface area (Å²) in [6.45, 7) is 4.08. The maximum Gasteiger partial charge on any atom is 0.227 e. The number of pyridine rings is 1. The summed E-state index contributed by atoms with van der Waals surface area (Å²) in [5, 5.41) is 2.83. The lowest BCUT2D eigenvalue weighted by molar-refractivity contribution is -0.116. The zero-order chi connectivity index (χ0) is 15.2. The van der Waals surface area contributed by atoms with Crippen LogP contribution in [0.25, 0.3) is 0 Å². The summed E-state index contributed by atoms with van der Waals surface area (Å²) in [6, 6.07) is 10.9. The maximum absolute atomic E-state index is 11.9. The van der Waals surface area contributed by atoms with E-state index in [9.17, 15) is 4.79 Å². The summed E-state index contributed by atoms with van der Waals surface area (Å²) in [5.74, 6) is 0.559. The van der Waals surface area contributed by atoms with Crippen molar-refractivity contribution < 1.29 is 9.53 Å². The molecule has 2 aromatic rings. The Labute approximate surface area is 124 Å². The number of carbonyl (C=O) groups is 1. The van der Waals surface area contributed by atoms with Gasteiger partial charge < -0.3 is 15.8 Å². The fourth-order valence-electron chi connectivity index (χ4n) is 1.90. The molecule has 2 rings (SSSR count). The number of ether oxygens (including phenoxy) is 1. The van der Waals surface area contributed by atoms with Crippen LogP contribution in [0.15, 0.2) is 36.4 Å². The van der Waals surface area contributed by atoms with E-state index < -0.39 is 0 Å². The zero-order valence-corrected chi connectivity index (χ0v) is 12.2. The number of nitrogens with two attached hydrogens (primary N) is 1. The minimum absolute atomic E-state index is 0.104. The Morgan fingerprint density at radius 2 is 2.10 bits per heavy atom. The first-order valence-electron chi connectivity index (χ1n) is 6.77. The van der Waals surface area contributed by atoms with Gasteiger partial charge in [-0.1, -0.05) is 6.07 Å². The van der Waals surface area contributed by atoms with Crippen LogP contribution in [0, 0.1) is 13.8 Å². The van der Waals surface area contributed by atoms with Crippen molar-refractivity contribution in [2.24, 2.45) is 0 Å². The van der Waals surface area contributed by atoms with Gasteiger partial charge in [0.1, 0.15) is 5.75 Å². The first-order chi connectivity index (χ1) is 10.0. The predicted molar refractivity (Wildman–Crippen MR) is 83.3 cm³/mol. The third-order valence-corrected chi connectivity index (χ3v) is 2.96. The number of rotatable bonds is 5. The highest BCUT2D eigenvalue weighted by molar-refractivity contribution is 5.91. The van der Waals surface area contributed by atoms with Crippen LogP contribution in [0.5, 0.6) is 5.75 Å². The summed E-state index contributed by atoms with van der Waals surface area (Å²) in [5.41, 5.74) is 8.76. The molecule has 110 valence electrons. The van der Waals surface area contributed by atoms with Gasteiger partial charge >= 0.3 is 0 Å². The smallest absolute Gasteiger partial charge is 0.227 e. The Morgan fingerprint density at radius 1 is 1.29 bits per heavy atom. The molecule has 0 saturated carbocycles.